The van der Waals surface area contributed by atoms with E-state index in [1.165, 1.54) is 19.2 Å². The van der Waals surface area contributed by atoms with Gasteiger partial charge in [0, 0.05) is 0 Å². The molecule has 18 heavy (non-hydrogen) atoms. The standard InChI is InChI=1S/C8H6Cl2O3.CH3NO2.H3N/c1-13-7-5(10)3-2-4(9)6(7)8(11)12;2-1(3)4;/h2-3H,1H3,(H,11,12);2H2,(H,3,4);1H3. The van der Waals surface area contributed by atoms with Crippen LogP contribution in [0.2, 0.25) is 10.0 Å². The van der Waals surface area contributed by atoms with Crippen LogP contribution >= 0.6 is 23.2 Å². The van der Waals surface area contributed by atoms with E-state index in [1.807, 2.05) is 0 Å². The molecule has 0 saturated carbocycles. The molecule has 0 spiro atoms. The zero-order chi connectivity index (χ0) is 13.6. The molecular formula is C9H12Cl2N2O5. The molecule has 0 aliphatic carbocycles. The lowest BCUT2D eigenvalue weighted by atomic mass is 10.2. The van der Waals surface area contributed by atoms with Crippen LogP contribution in [0.3, 0.4) is 0 Å². The molecule has 0 aliphatic rings. The van der Waals surface area contributed by atoms with Crippen LogP contribution in [0.15, 0.2) is 12.1 Å². The Morgan fingerprint density at radius 2 is 1.61 bits per heavy atom. The molecule has 0 atom stereocenters. The van der Waals surface area contributed by atoms with Gasteiger partial charge in [0.15, 0.2) is 5.75 Å². The van der Waals surface area contributed by atoms with Gasteiger partial charge in [0.1, 0.15) is 5.56 Å². The van der Waals surface area contributed by atoms with Gasteiger partial charge in [-0.3, -0.25) is 0 Å². The molecule has 0 fully saturated rings. The summed E-state index contributed by atoms with van der Waals surface area (Å²) in [5.41, 5.74) is 3.91. The Hall–Kier alpha value is -1.70. The van der Waals surface area contributed by atoms with Crippen LogP contribution < -0.4 is 16.6 Å². The Bertz CT molecular complexity index is 435. The summed E-state index contributed by atoms with van der Waals surface area (Å²) < 4.78 is 4.82. The van der Waals surface area contributed by atoms with E-state index in [2.05, 4.69) is 5.73 Å². The molecule has 1 aromatic rings. The number of carbonyl (C=O) groups is 2. The van der Waals surface area contributed by atoms with Gasteiger partial charge in [-0.25, -0.2) is 9.59 Å². The minimum Gasteiger partial charge on any atom is -0.494 e. The van der Waals surface area contributed by atoms with Crippen molar-refractivity contribution in [2.24, 2.45) is 5.73 Å². The summed E-state index contributed by atoms with van der Waals surface area (Å²) in [6, 6.07) is 2.89. The molecule has 9 heteroatoms. The van der Waals surface area contributed by atoms with E-state index in [1.54, 1.807) is 0 Å². The number of amides is 1. The first kappa shape index (κ1) is 18.7. The van der Waals surface area contributed by atoms with Crippen LogP contribution in [0.5, 0.6) is 5.75 Å². The second-order valence-electron chi connectivity index (χ2n) is 2.58. The van der Waals surface area contributed by atoms with Crippen molar-refractivity contribution in [2.75, 3.05) is 7.11 Å². The Labute approximate surface area is 113 Å². The maximum atomic E-state index is 10.7. The highest BCUT2D eigenvalue weighted by atomic mass is 35.5. The second-order valence-corrected chi connectivity index (χ2v) is 3.40. The molecule has 1 amide bonds. The number of carboxylic acids is 1. The fourth-order valence-electron chi connectivity index (χ4n) is 0.932. The third kappa shape index (κ3) is 5.58. The van der Waals surface area contributed by atoms with Gasteiger partial charge < -0.3 is 26.8 Å². The van der Waals surface area contributed by atoms with Crippen LogP contribution in [0.25, 0.3) is 0 Å². The number of carboxylic acid groups (broad SMARTS) is 2. The maximum absolute atomic E-state index is 10.7. The Kier molecular flexibility index (Phi) is 8.71. The highest BCUT2D eigenvalue weighted by Gasteiger charge is 2.17. The van der Waals surface area contributed by atoms with Gasteiger partial charge in [-0.05, 0) is 12.1 Å². The van der Waals surface area contributed by atoms with Crippen molar-refractivity contribution in [1.82, 2.24) is 6.15 Å². The molecular weight excluding hydrogens is 287 g/mol. The van der Waals surface area contributed by atoms with Crippen LogP contribution in [0.4, 0.5) is 4.79 Å². The fourth-order valence-corrected chi connectivity index (χ4v) is 1.40. The number of aromatic carboxylic acids is 1. The third-order valence-electron chi connectivity index (χ3n) is 1.48. The number of benzene rings is 1. The minimum atomic E-state index is -1.33. The maximum Gasteiger partial charge on any atom is 0.402 e. The molecule has 0 radical (unpaired) electrons. The van der Waals surface area contributed by atoms with E-state index in [9.17, 15) is 4.79 Å². The number of rotatable bonds is 2. The average molecular weight is 299 g/mol. The van der Waals surface area contributed by atoms with Gasteiger partial charge in [-0.2, -0.15) is 0 Å². The van der Waals surface area contributed by atoms with Crippen molar-refractivity contribution in [3.63, 3.8) is 0 Å². The molecule has 7 N–H and O–H groups in total. The van der Waals surface area contributed by atoms with Gasteiger partial charge in [0.05, 0.1) is 17.2 Å². The number of primary amides is 1. The summed E-state index contributed by atoms with van der Waals surface area (Å²) in [6.45, 7) is 0. The molecule has 102 valence electrons. The minimum absolute atomic E-state index is 0. The number of nitrogens with two attached hydrogens (primary N) is 1. The first-order valence-electron chi connectivity index (χ1n) is 4.05. The SMILES string of the molecule is COc1c(Cl)ccc(Cl)c1C(=O)O.N.NC(=O)O. The number of hydrogen-bond donors (Lipinski definition) is 4. The molecule has 1 aromatic carbocycles. The quantitative estimate of drug-likeness (QED) is 0.660. The van der Waals surface area contributed by atoms with E-state index >= 15 is 0 Å². The first-order chi connectivity index (χ1) is 7.81. The van der Waals surface area contributed by atoms with Crippen molar-refractivity contribution in [3.05, 3.63) is 27.7 Å². The van der Waals surface area contributed by atoms with Crippen LogP contribution in [0.1, 0.15) is 10.4 Å². The summed E-state index contributed by atoms with van der Waals surface area (Å²) in [7, 11) is 1.34. The smallest absolute Gasteiger partial charge is 0.402 e. The molecule has 7 nitrogen and oxygen atoms in total. The Morgan fingerprint density at radius 1 is 1.22 bits per heavy atom. The molecule has 0 aliphatic heterocycles. The lowest BCUT2D eigenvalue weighted by Gasteiger charge is -2.07. The van der Waals surface area contributed by atoms with Gasteiger partial charge >= 0.3 is 12.1 Å². The number of hydrogen-bond acceptors (Lipinski definition) is 4. The van der Waals surface area contributed by atoms with Crippen molar-refractivity contribution >= 4 is 35.3 Å². The van der Waals surface area contributed by atoms with Gasteiger partial charge in [0.25, 0.3) is 0 Å². The van der Waals surface area contributed by atoms with Crippen molar-refractivity contribution < 1.29 is 24.5 Å². The lowest BCUT2D eigenvalue weighted by molar-refractivity contribution is 0.0693. The largest absolute Gasteiger partial charge is 0.494 e. The molecule has 0 unspecified atom stereocenters. The van der Waals surface area contributed by atoms with E-state index < -0.39 is 12.1 Å². The monoisotopic (exact) mass is 298 g/mol. The predicted octanol–water partition coefficient (Wildman–Crippen LogP) is 2.49. The van der Waals surface area contributed by atoms with E-state index in [-0.39, 0.29) is 27.5 Å². The average Bonchev–Trinajstić information content (AvgIpc) is 2.19. The summed E-state index contributed by atoms with van der Waals surface area (Å²) in [6.07, 6.45) is -1.33. The highest BCUT2D eigenvalue weighted by molar-refractivity contribution is 6.36. The number of halogens is 2. The van der Waals surface area contributed by atoms with Crippen molar-refractivity contribution in [3.8, 4) is 5.75 Å². The molecule has 0 heterocycles. The highest BCUT2D eigenvalue weighted by Crippen LogP contribution is 2.33. The van der Waals surface area contributed by atoms with Crippen molar-refractivity contribution in [2.45, 2.75) is 0 Å². The van der Waals surface area contributed by atoms with Crippen LogP contribution in [0, 0.1) is 0 Å². The molecule has 1 rings (SSSR count). The van der Waals surface area contributed by atoms with E-state index in [4.69, 9.17) is 42.9 Å². The third-order valence-corrected chi connectivity index (χ3v) is 2.09. The number of methoxy groups -OCH3 is 1. The number of ether oxygens (including phenoxy) is 1. The van der Waals surface area contributed by atoms with Gasteiger partial charge in [-0.1, -0.05) is 23.2 Å². The summed E-state index contributed by atoms with van der Waals surface area (Å²) in [5, 5.41) is 16.3. The Balaban J connectivity index is 0. The van der Waals surface area contributed by atoms with Gasteiger partial charge in [0.2, 0.25) is 0 Å². The first-order valence-corrected chi connectivity index (χ1v) is 4.80. The van der Waals surface area contributed by atoms with E-state index in [0.717, 1.165) is 0 Å². The van der Waals surface area contributed by atoms with Gasteiger partial charge in [-0.15, -0.1) is 0 Å². The van der Waals surface area contributed by atoms with Crippen molar-refractivity contribution in [1.29, 1.82) is 0 Å². The normalized spacial score (nSPS) is 8.39. The summed E-state index contributed by atoms with van der Waals surface area (Å²) in [4.78, 5) is 19.5. The fraction of sp³-hybridized carbons (Fsp3) is 0.111. The lowest BCUT2D eigenvalue weighted by Crippen LogP contribution is -2.03. The Morgan fingerprint density at radius 3 is 1.89 bits per heavy atom. The zero-order valence-electron chi connectivity index (χ0n) is 9.31. The molecule has 0 bridgehead atoms. The second kappa shape index (κ2) is 8.40. The molecule has 0 saturated heterocycles. The van der Waals surface area contributed by atoms with E-state index in [0.29, 0.717) is 0 Å². The zero-order valence-corrected chi connectivity index (χ0v) is 10.8. The van der Waals surface area contributed by atoms with Crippen LogP contribution in [-0.4, -0.2) is 29.4 Å². The predicted molar refractivity (Wildman–Crippen MR) is 67.2 cm³/mol. The van der Waals surface area contributed by atoms with Crippen LogP contribution in [-0.2, 0) is 0 Å². The summed E-state index contributed by atoms with van der Waals surface area (Å²) >= 11 is 11.4. The summed E-state index contributed by atoms with van der Waals surface area (Å²) in [5.74, 6) is -1.08. The molecule has 0 aromatic heterocycles. The topological polar surface area (TPSA) is 145 Å².